The normalized spacial score (nSPS) is 14.2. The van der Waals surface area contributed by atoms with Crippen LogP contribution in [0.4, 0.5) is 13.2 Å². The van der Waals surface area contributed by atoms with E-state index >= 15 is 0 Å². The molecule has 37 heavy (non-hydrogen) atoms. The molecule has 3 aromatic carbocycles. The van der Waals surface area contributed by atoms with E-state index in [1.165, 1.54) is 12.1 Å². The van der Waals surface area contributed by atoms with Crippen LogP contribution < -0.4 is 4.72 Å². The highest BCUT2D eigenvalue weighted by molar-refractivity contribution is 7.91. The summed E-state index contributed by atoms with van der Waals surface area (Å²) in [4.78, 5) is 13.6. The second-order valence-corrected chi connectivity index (χ2v) is 11.5. The Morgan fingerprint density at radius 2 is 1.78 bits per heavy atom. The second-order valence-electron chi connectivity index (χ2n) is 9.16. The third-order valence-electron chi connectivity index (χ3n) is 6.44. The zero-order chi connectivity index (χ0) is 26.5. The number of aromatic nitrogens is 1. The lowest BCUT2D eigenvalue weighted by atomic mass is 10.0. The number of alkyl halides is 3. The predicted octanol–water partition coefficient (Wildman–Crippen LogP) is 6.56. The summed E-state index contributed by atoms with van der Waals surface area (Å²) < 4.78 is 69.2. The van der Waals surface area contributed by atoms with Gasteiger partial charge in [-0.3, -0.25) is 4.79 Å². The fourth-order valence-corrected chi connectivity index (χ4v) is 5.87. The van der Waals surface area contributed by atoms with Crippen LogP contribution in [0.2, 0.25) is 5.02 Å². The maximum absolute atomic E-state index is 13.6. The fraction of sp³-hybridized carbons (Fsp3) is 0.222. The molecule has 192 valence electrons. The Kier molecular flexibility index (Phi) is 6.32. The van der Waals surface area contributed by atoms with Crippen LogP contribution in [0.1, 0.15) is 40.0 Å². The Hall–Kier alpha value is -3.30. The summed E-state index contributed by atoms with van der Waals surface area (Å²) in [6.07, 6.45) is -3.59. The van der Waals surface area contributed by atoms with E-state index in [2.05, 4.69) is 4.72 Å². The first-order valence-corrected chi connectivity index (χ1v) is 13.5. The van der Waals surface area contributed by atoms with Gasteiger partial charge in [0.05, 0.1) is 10.8 Å². The number of aryl methyl sites for hydroxylation is 1. The first-order chi connectivity index (χ1) is 17.5. The van der Waals surface area contributed by atoms with Gasteiger partial charge in [0.1, 0.15) is 5.69 Å². The molecule has 0 bridgehead atoms. The monoisotopic (exact) mass is 546 g/mol. The van der Waals surface area contributed by atoms with E-state index < -0.39 is 32.9 Å². The number of rotatable bonds is 6. The van der Waals surface area contributed by atoms with Gasteiger partial charge in [-0.1, -0.05) is 54.1 Å². The average Bonchev–Trinajstić information content (AvgIpc) is 3.65. The van der Waals surface area contributed by atoms with Crippen LogP contribution in [0.3, 0.4) is 0 Å². The molecule has 1 aromatic heterocycles. The van der Waals surface area contributed by atoms with Gasteiger partial charge < -0.3 is 4.57 Å². The van der Waals surface area contributed by atoms with Crippen molar-refractivity contribution >= 4 is 38.4 Å². The van der Waals surface area contributed by atoms with Gasteiger partial charge in [-0.2, -0.15) is 13.2 Å². The maximum atomic E-state index is 13.6. The van der Waals surface area contributed by atoms with Gasteiger partial charge in [-0.05, 0) is 60.7 Å². The average molecular weight is 547 g/mol. The van der Waals surface area contributed by atoms with Gasteiger partial charge in [-0.15, -0.1) is 0 Å². The van der Waals surface area contributed by atoms with Gasteiger partial charge >= 0.3 is 6.18 Å². The number of fused-ring (bicyclic) bond motifs is 1. The molecular formula is C27H22ClF3N2O3S. The van der Waals surface area contributed by atoms with Gasteiger partial charge in [0.25, 0.3) is 5.91 Å². The second kappa shape index (κ2) is 9.22. The number of sulfonamides is 1. The highest BCUT2D eigenvalue weighted by Gasteiger charge is 2.38. The number of para-hydroxylation sites is 1. The minimum Gasteiger partial charge on any atom is -0.331 e. The molecule has 1 saturated carbocycles. The van der Waals surface area contributed by atoms with Crippen molar-refractivity contribution in [1.82, 2.24) is 9.29 Å². The molecule has 0 atom stereocenters. The summed E-state index contributed by atoms with van der Waals surface area (Å²) in [6.45, 7) is 1.75. The predicted molar refractivity (Wildman–Crippen MR) is 137 cm³/mol. The molecule has 1 fully saturated rings. The molecule has 1 N–H and O–H groups in total. The van der Waals surface area contributed by atoms with Crippen LogP contribution in [-0.4, -0.2) is 24.1 Å². The molecule has 10 heteroatoms. The Balaban J connectivity index is 1.73. The van der Waals surface area contributed by atoms with E-state index in [-0.39, 0.29) is 12.2 Å². The third-order valence-corrected chi connectivity index (χ3v) is 8.67. The lowest BCUT2D eigenvalue weighted by Gasteiger charge is -2.15. The summed E-state index contributed by atoms with van der Waals surface area (Å²) in [7, 11) is -3.89. The minimum atomic E-state index is -4.53. The van der Waals surface area contributed by atoms with Crippen LogP contribution in [-0.2, 0) is 22.7 Å². The molecule has 1 aliphatic rings. The molecule has 0 saturated heterocycles. The topological polar surface area (TPSA) is 68.2 Å². The standard InChI is InChI=1S/C27H22ClF3N2O3S/c1-16-9-10-18(14-22(16)28)24-21-7-2-3-8-23(21)33(15-17-5-4-6-19(13-17)27(29,30)31)25(24)26(34)32-37(35,36)20-11-12-20/h2-10,13-14,20H,11-12,15H2,1H3,(H,32,34). The quantitative estimate of drug-likeness (QED) is 0.298. The smallest absolute Gasteiger partial charge is 0.331 e. The Morgan fingerprint density at radius 3 is 2.46 bits per heavy atom. The van der Waals surface area contributed by atoms with Crippen LogP contribution in [0.25, 0.3) is 22.0 Å². The maximum Gasteiger partial charge on any atom is 0.416 e. The van der Waals surface area contributed by atoms with Crippen molar-refractivity contribution in [3.63, 3.8) is 0 Å². The van der Waals surface area contributed by atoms with Crippen molar-refractivity contribution in [3.8, 4) is 11.1 Å². The van der Waals surface area contributed by atoms with Crippen LogP contribution in [0.5, 0.6) is 0 Å². The van der Waals surface area contributed by atoms with Crippen LogP contribution >= 0.6 is 11.6 Å². The van der Waals surface area contributed by atoms with Crippen molar-refractivity contribution in [2.45, 2.75) is 37.7 Å². The third kappa shape index (κ3) is 4.98. The molecule has 0 unspecified atom stereocenters. The minimum absolute atomic E-state index is 0.0303. The van der Waals surface area contributed by atoms with Crippen LogP contribution in [0, 0.1) is 6.92 Å². The van der Waals surface area contributed by atoms with Crippen molar-refractivity contribution in [1.29, 1.82) is 0 Å². The molecule has 0 radical (unpaired) electrons. The van der Waals surface area contributed by atoms with Crippen molar-refractivity contribution in [2.24, 2.45) is 0 Å². The van der Waals surface area contributed by atoms with E-state index in [4.69, 9.17) is 11.6 Å². The largest absolute Gasteiger partial charge is 0.416 e. The number of amides is 1. The lowest BCUT2D eigenvalue weighted by molar-refractivity contribution is -0.137. The van der Waals surface area contributed by atoms with Gasteiger partial charge in [0, 0.05) is 28.0 Å². The van der Waals surface area contributed by atoms with Gasteiger partial charge in [0.15, 0.2) is 0 Å². The Morgan fingerprint density at radius 1 is 1.05 bits per heavy atom. The number of benzene rings is 3. The zero-order valence-corrected chi connectivity index (χ0v) is 21.2. The van der Waals surface area contributed by atoms with E-state index in [9.17, 15) is 26.4 Å². The van der Waals surface area contributed by atoms with Crippen molar-refractivity contribution in [2.75, 3.05) is 0 Å². The van der Waals surface area contributed by atoms with Gasteiger partial charge in [-0.25, -0.2) is 13.1 Å². The fourth-order valence-electron chi connectivity index (χ4n) is 4.41. The summed E-state index contributed by atoms with van der Waals surface area (Å²) >= 11 is 6.39. The van der Waals surface area contributed by atoms with E-state index in [0.717, 1.165) is 17.7 Å². The molecule has 1 amide bonds. The van der Waals surface area contributed by atoms with E-state index in [1.807, 2.05) is 6.92 Å². The number of halogens is 4. The summed E-state index contributed by atoms with van der Waals surface area (Å²) in [5, 5.41) is 0.475. The summed E-state index contributed by atoms with van der Waals surface area (Å²) in [5.74, 6) is -0.846. The zero-order valence-electron chi connectivity index (χ0n) is 19.6. The highest BCUT2D eigenvalue weighted by Crippen LogP contribution is 2.38. The molecule has 5 rings (SSSR count). The number of nitrogens with zero attached hydrogens (tertiary/aromatic N) is 1. The molecule has 1 aliphatic carbocycles. The van der Waals surface area contributed by atoms with Crippen molar-refractivity contribution in [3.05, 3.63) is 94.1 Å². The number of hydrogen-bond acceptors (Lipinski definition) is 3. The molecule has 0 aliphatic heterocycles. The molecular weight excluding hydrogens is 525 g/mol. The molecule has 0 spiro atoms. The number of carbonyl (C=O) groups is 1. The Bertz CT molecular complexity index is 1640. The van der Waals surface area contributed by atoms with Crippen LogP contribution in [0.15, 0.2) is 66.7 Å². The summed E-state index contributed by atoms with van der Waals surface area (Å²) in [5.41, 5.74) is 1.96. The SMILES string of the molecule is Cc1ccc(-c2c(C(=O)NS(=O)(=O)C3CC3)n(Cc3cccc(C(F)(F)F)c3)c3ccccc23)cc1Cl. The van der Waals surface area contributed by atoms with E-state index in [0.29, 0.717) is 45.5 Å². The Labute approximate surface area is 216 Å². The number of nitrogens with one attached hydrogen (secondary N) is 1. The van der Waals surface area contributed by atoms with Gasteiger partial charge in [0.2, 0.25) is 10.0 Å². The highest BCUT2D eigenvalue weighted by atomic mass is 35.5. The molecule has 5 nitrogen and oxygen atoms in total. The first kappa shape index (κ1) is 25.4. The number of hydrogen-bond donors (Lipinski definition) is 1. The lowest BCUT2D eigenvalue weighted by Crippen LogP contribution is -2.35. The van der Waals surface area contributed by atoms with Crippen molar-refractivity contribution < 1.29 is 26.4 Å². The summed E-state index contributed by atoms with van der Waals surface area (Å²) in [6, 6.07) is 17.2. The molecule has 1 heterocycles. The van der Waals surface area contributed by atoms with E-state index in [1.54, 1.807) is 47.0 Å². The first-order valence-electron chi connectivity index (χ1n) is 11.6. The number of carbonyl (C=O) groups excluding carboxylic acids is 1. The molecule has 4 aromatic rings.